The van der Waals surface area contributed by atoms with Crippen LogP contribution in [0.2, 0.25) is 0 Å². The number of hydrogen-bond donors (Lipinski definition) is 2. The third-order valence-corrected chi connectivity index (χ3v) is 2.77. The van der Waals surface area contributed by atoms with E-state index in [4.69, 9.17) is 16.1 Å². The van der Waals surface area contributed by atoms with E-state index in [1.54, 1.807) is 24.3 Å². The largest absolute Gasteiger partial charge is 0.481 e. The topological polar surface area (TPSA) is 107 Å². The highest BCUT2D eigenvalue weighted by atomic mass is 16.4. The van der Waals surface area contributed by atoms with E-state index in [9.17, 15) is 9.59 Å². The van der Waals surface area contributed by atoms with Crippen molar-refractivity contribution in [2.24, 2.45) is 5.73 Å². The zero-order valence-electron chi connectivity index (χ0n) is 11.0. The highest BCUT2D eigenvalue weighted by Gasteiger charge is 2.22. The van der Waals surface area contributed by atoms with Gasteiger partial charge in [-0.2, -0.15) is 5.26 Å². The van der Waals surface area contributed by atoms with Crippen LogP contribution in [0.3, 0.4) is 0 Å². The fourth-order valence-electron chi connectivity index (χ4n) is 1.74. The van der Waals surface area contributed by atoms with Gasteiger partial charge in [-0.25, -0.2) is 0 Å². The van der Waals surface area contributed by atoms with Gasteiger partial charge in [-0.3, -0.25) is 9.59 Å². The zero-order chi connectivity index (χ0) is 15.0. The summed E-state index contributed by atoms with van der Waals surface area (Å²) in [4.78, 5) is 24.2. The molecular formula is C14H17N3O3. The number of anilines is 1. The molecule has 0 spiro atoms. The summed E-state index contributed by atoms with van der Waals surface area (Å²) in [6.45, 7) is 0.236. The van der Waals surface area contributed by atoms with Crippen LogP contribution in [0.25, 0.3) is 0 Å². The number of carboxylic acids is 1. The monoisotopic (exact) mass is 275 g/mol. The fraction of sp³-hybridized carbons (Fsp3) is 0.357. The van der Waals surface area contributed by atoms with Crippen LogP contribution in [0.15, 0.2) is 30.3 Å². The number of carboxylic acid groups (broad SMARTS) is 1. The van der Waals surface area contributed by atoms with Crippen molar-refractivity contribution in [3.05, 3.63) is 30.3 Å². The molecule has 0 aliphatic rings. The van der Waals surface area contributed by atoms with E-state index in [0.717, 1.165) is 0 Å². The fourth-order valence-corrected chi connectivity index (χ4v) is 1.74. The smallest absolute Gasteiger partial charge is 0.303 e. The van der Waals surface area contributed by atoms with Crippen molar-refractivity contribution in [3.63, 3.8) is 0 Å². The van der Waals surface area contributed by atoms with Crippen LogP contribution >= 0.6 is 0 Å². The first-order chi connectivity index (χ1) is 9.56. The number of hydrogen-bond acceptors (Lipinski definition) is 4. The molecule has 106 valence electrons. The zero-order valence-corrected chi connectivity index (χ0v) is 11.0. The molecule has 1 aromatic rings. The van der Waals surface area contributed by atoms with Crippen LogP contribution in [0, 0.1) is 11.3 Å². The molecule has 1 amide bonds. The number of carbonyl (C=O) groups is 2. The van der Waals surface area contributed by atoms with E-state index >= 15 is 0 Å². The van der Waals surface area contributed by atoms with E-state index in [2.05, 4.69) is 0 Å². The summed E-state index contributed by atoms with van der Waals surface area (Å²) in [7, 11) is 0. The number of aliphatic carboxylic acids is 1. The summed E-state index contributed by atoms with van der Waals surface area (Å²) in [5.74, 6) is -1.36. The molecule has 1 rings (SSSR count). The normalized spacial score (nSPS) is 11.4. The summed E-state index contributed by atoms with van der Waals surface area (Å²) in [6.07, 6.45) is 0.101. The van der Waals surface area contributed by atoms with Gasteiger partial charge in [0.25, 0.3) is 0 Å². The van der Waals surface area contributed by atoms with Gasteiger partial charge in [-0.15, -0.1) is 0 Å². The van der Waals surface area contributed by atoms with Gasteiger partial charge in [0.1, 0.15) is 0 Å². The average Bonchev–Trinajstić information content (AvgIpc) is 2.46. The minimum absolute atomic E-state index is 0.0735. The maximum atomic E-state index is 12.3. The van der Waals surface area contributed by atoms with Gasteiger partial charge >= 0.3 is 5.97 Å². The van der Waals surface area contributed by atoms with Gasteiger partial charge in [0, 0.05) is 18.7 Å². The van der Waals surface area contributed by atoms with Crippen LogP contribution in [-0.2, 0) is 9.59 Å². The maximum absolute atomic E-state index is 12.3. The van der Waals surface area contributed by atoms with Crippen LogP contribution in [0.4, 0.5) is 5.69 Å². The average molecular weight is 275 g/mol. The van der Waals surface area contributed by atoms with Gasteiger partial charge < -0.3 is 15.7 Å². The minimum Gasteiger partial charge on any atom is -0.481 e. The highest BCUT2D eigenvalue weighted by molar-refractivity contribution is 5.97. The van der Waals surface area contributed by atoms with E-state index in [1.165, 1.54) is 4.90 Å². The summed E-state index contributed by atoms with van der Waals surface area (Å²) < 4.78 is 0. The van der Waals surface area contributed by atoms with Crippen molar-refractivity contribution < 1.29 is 14.7 Å². The lowest BCUT2D eigenvalue weighted by Crippen LogP contribution is -2.44. The van der Waals surface area contributed by atoms with Gasteiger partial charge in [-0.1, -0.05) is 18.2 Å². The van der Waals surface area contributed by atoms with Gasteiger partial charge in [0.05, 0.1) is 18.5 Å². The molecule has 0 aliphatic carbocycles. The first kappa shape index (κ1) is 15.7. The van der Waals surface area contributed by atoms with Crippen molar-refractivity contribution in [1.29, 1.82) is 5.26 Å². The molecule has 0 bridgehead atoms. The Balaban J connectivity index is 2.80. The van der Waals surface area contributed by atoms with Crippen LogP contribution in [0.5, 0.6) is 0 Å². The molecule has 0 heterocycles. The molecule has 1 unspecified atom stereocenters. The number of benzene rings is 1. The molecule has 1 aromatic carbocycles. The van der Waals surface area contributed by atoms with Gasteiger partial charge in [-0.05, 0) is 18.6 Å². The Morgan fingerprint density at radius 3 is 2.55 bits per heavy atom. The summed E-state index contributed by atoms with van der Waals surface area (Å²) in [5, 5.41) is 17.3. The standard InChI is InChI=1S/C14H17N3O3/c15-9-4-10-17(11-5-2-1-3-6-11)14(20)12(16)7-8-13(18)19/h1-3,5-6,12H,4,7-8,10,16H2,(H,18,19). The molecule has 0 aromatic heterocycles. The lowest BCUT2D eigenvalue weighted by molar-refractivity contribution is -0.137. The number of carbonyl (C=O) groups excluding carboxylic acids is 1. The molecule has 20 heavy (non-hydrogen) atoms. The molecule has 0 saturated carbocycles. The summed E-state index contributed by atoms with van der Waals surface area (Å²) in [6, 6.07) is 9.98. The SMILES string of the molecule is N#CCCN(C(=O)C(N)CCC(=O)O)c1ccccc1. The molecule has 6 nitrogen and oxygen atoms in total. The van der Waals surface area contributed by atoms with Crippen molar-refractivity contribution >= 4 is 17.6 Å². The third kappa shape index (κ3) is 4.71. The second-order valence-corrected chi connectivity index (χ2v) is 4.27. The Morgan fingerprint density at radius 1 is 1.35 bits per heavy atom. The number of rotatable bonds is 7. The van der Waals surface area contributed by atoms with E-state index < -0.39 is 12.0 Å². The first-order valence-electron chi connectivity index (χ1n) is 6.27. The Hall–Kier alpha value is -2.39. The minimum atomic E-state index is -0.989. The Morgan fingerprint density at radius 2 is 2.00 bits per heavy atom. The van der Waals surface area contributed by atoms with E-state index in [1.807, 2.05) is 12.1 Å². The van der Waals surface area contributed by atoms with Crippen LogP contribution < -0.4 is 10.6 Å². The molecule has 1 atom stereocenters. The third-order valence-electron chi connectivity index (χ3n) is 2.77. The Bertz CT molecular complexity index is 496. The number of nitrogens with two attached hydrogens (primary N) is 1. The van der Waals surface area contributed by atoms with Crippen molar-refractivity contribution in [2.75, 3.05) is 11.4 Å². The molecule has 0 saturated heterocycles. The lowest BCUT2D eigenvalue weighted by Gasteiger charge is -2.24. The van der Waals surface area contributed by atoms with E-state index in [0.29, 0.717) is 5.69 Å². The predicted molar refractivity (Wildman–Crippen MR) is 73.9 cm³/mol. The van der Waals surface area contributed by atoms with Gasteiger partial charge in [0.2, 0.25) is 5.91 Å². The molecule has 0 aliphatic heterocycles. The van der Waals surface area contributed by atoms with Gasteiger partial charge in [0.15, 0.2) is 0 Å². The maximum Gasteiger partial charge on any atom is 0.303 e. The summed E-state index contributed by atoms with van der Waals surface area (Å²) in [5.41, 5.74) is 6.39. The van der Waals surface area contributed by atoms with Crippen molar-refractivity contribution in [1.82, 2.24) is 0 Å². The van der Waals surface area contributed by atoms with Crippen LogP contribution in [0.1, 0.15) is 19.3 Å². The second-order valence-electron chi connectivity index (χ2n) is 4.27. The molecule has 3 N–H and O–H groups in total. The Labute approximate surface area is 117 Å². The lowest BCUT2D eigenvalue weighted by atomic mass is 10.1. The molecular weight excluding hydrogens is 258 g/mol. The van der Waals surface area contributed by atoms with E-state index in [-0.39, 0.29) is 31.7 Å². The molecule has 6 heteroatoms. The summed E-state index contributed by atoms with van der Waals surface area (Å²) >= 11 is 0. The second kappa shape index (κ2) is 7.92. The van der Waals surface area contributed by atoms with Crippen molar-refractivity contribution in [2.45, 2.75) is 25.3 Å². The first-order valence-corrected chi connectivity index (χ1v) is 6.27. The highest BCUT2D eigenvalue weighted by Crippen LogP contribution is 2.15. The number of para-hydroxylation sites is 1. The number of nitrogens with zero attached hydrogens (tertiary/aromatic N) is 2. The number of nitriles is 1. The Kier molecular flexibility index (Phi) is 6.20. The van der Waals surface area contributed by atoms with Crippen LogP contribution in [-0.4, -0.2) is 29.6 Å². The quantitative estimate of drug-likeness (QED) is 0.775. The molecule has 0 fully saturated rings. The predicted octanol–water partition coefficient (Wildman–Crippen LogP) is 1.13. The number of amides is 1. The van der Waals surface area contributed by atoms with Crippen molar-refractivity contribution in [3.8, 4) is 6.07 Å². The molecule has 0 radical (unpaired) electrons.